The second kappa shape index (κ2) is 6.25. The van der Waals surface area contributed by atoms with Crippen LogP contribution in [-0.2, 0) is 16.4 Å². The number of hydrogen-bond donors (Lipinski definition) is 0. The predicted molar refractivity (Wildman–Crippen MR) is 106 cm³/mol. The van der Waals surface area contributed by atoms with Gasteiger partial charge in [0.05, 0.1) is 20.8 Å². The van der Waals surface area contributed by atoms with Crippen molar-refractivity contribution in [2.45, 2.75) is 37.6 Å². The van der Waals surface area contributed by atoms with Crippen LogP contribution < -0.4 is 9.18 Å². The lowest BCUT2D eigenvalue weighted by molar-refractivity contribution is 0.586. The molecule has 0 spiro atoms. The summed E-state index contributed by atoms with van der Waals surface area (Å²) in [5.74, 6) is 0. The van der Waals surface area contributed by atoms with Crippen LogP contribution in [0.2, 0.25) is 0 Å². The number of benzene rings is 2. The fraction of sp³-hybridized carbons (Fsp3) is 0.316. The molecule has 4 rings (SSSR count). The molecule has 0 aliphatic carbocycles. The summed E-state index contributed by atoms with van der Waals surface area (Å²) >= 11 is 1.09. The van der Waals surface area contributed by atoms with E-state index in [1.807, 2.05) is 38.1 Å². The highest BCUT2D eigenvalue weighted by Crippen LogP contribution is 2.33. The zero-order valence-corrected chi connectivity index (χ0v) is 16.3. The fourth-order valence-electron chi connectivity index (χ4n) is 3.54. The number of thiazole rings is 1. The van der Waals surface area contributed by atoms with E-state index in [4.69, 9.17) is 0 Å². The molecule has 0 fully saturated rings. The molecular weight excluding hydrogens is 368 g/mol. The first-order valence-corrected chi connectivity index (χ1v) is 10.9. The largest absolute Gasteiger partial charge is 0.308 e. The Balaban J connectivity index is 1.84. The van der Waals surface area contributed by atoms with E-state index in [9.17, 15) is 13.2 Å². The minimum atomic E-state index is -3.66. The summed E-state index contributed by atoms with van der Waals surface area (Å²) in [6, 6.07) is 12.7. The molecular formula is C19H20N2O3S2. The summed E-state index contributed by atoms with van der Waals surface area (Å²) in [6.45, 7) is 4.37. The minimum Gasteiger partial charge on any atom is -0.296 e. The molecule has 0 saturated heterocycles. The summed E-state index contributed by atoms with van der Waals surface area (Å²) in [5.41, 5.74) is 2.60. The Labute approximate surface area is 156 Å². The topological polar surface area (TPSA) is 59.4 Å². The van der Waals surface area contributed by atoms with E-state index in [1.165, 1.54) is 4.31 Å². The van der Waals surface area contributed by atoms with Crippen LogP contribution >= 0.6 is 11.3 Å². The van der Waals surface area contributed by atoms with Crippen molar-refractivity contribution >= 4 is 37.3 Å². The molecule has 2 heterocycles. The maximum absolute atomic E-state index is 13.3. The van der Waals surface area contributed by atoms with Gasteiger partial charge in [-0.15, -0.1) is 0 Å². The smallest absolute Gasteiger partial charge is 0.296 e. The Morgan fingerprint density at radius 1 is 1.12 bits per heavy atom. The van der Waals surface area contributed by atoms with Crippen LogP contribution in [0.4, 0.5) is 5.69 Å². The standard InChI is InChI=1S/C19H20N2O3S2/c1-13(2)21-17-10-9-15(12-18(17)25-19(21)22)26(23,24)20-11-5-7-14-6-3-4-8-16(14)20/h3-4,6,8-10,12-13H,5,7,11H2,1-2H3. The first-order chi connectivity index (χ1) is 12.4. The Morgan fingerprint density at radius 3 is 2.65 bits per heavy atom. The van der Waals surface area contributed by atoms with Gasteiger partial charge in [-0.1, -0.05) is 29.5 Å². The van der Waals surface area contributed by atoms with Gasteiger partial charge in [0, 0.05) is 12.6 Å². The molecule has 7 heteroatoms. The zero-order valence-electron chi connectivity index (χ0n) is 14.7. The SMILES string of the molecule is CC(C)n1c(=O)sc2cc(S(=O)(=O)N3CCCc4ccccc43)ccc21. The van der Waals surface area contributed by atoms with E-state index in [2.05, 4.69) is 0 Å². The van der Waals surface area contributed by atoms with E-state index in [0.29, 0.717) is 11.2 Å². The lowest BCUT2D eigenvalue weighted by Gasteiger charge is -2.30. The number of nitrogens with zero attached hydrogens (tertiary/aromatic N) is 2. The van der Waals surface area contributed by atoms with Crippen LogP contribution in [0.5, 0.6) is 0 Å². The first kappa shape index (κ1) is 17.3. The molecule has 5 nitrogen and oxygen atoms in total. The molecule has 0 radical (unpaired) electrons. The third-order valence-electron chi connectivity index (χ3n) is 4.76. The number of anilines is 1. The minimum absolute atomic E-state index is 0.0349. The number of rotatable bonds is 3. The molecule has 0 bridgehead atoms. The van der Waals surface area contributed by atoms with Gasteiger partial charge in [-0.25, -0.2) is 8.42 Å². The highest BCUT2D eigenvalue weighted by molar-refractivity contribution is 7.92. The molecule has 1 aliphatic heterocycles. The van der Waals surface area contributed by atoms with Gasteiger partial charge in [-0.2, -0.15) is 0 Å². The van der Waals surface area contributed by atoms with Crippen LogP contribution in [0.1, 0.15) is 31.9 Å². The van der Waals surface area contributed by atoms with E-state index in [1.54, 1.807) is 22.8 Å². The first-order valence-electron chi connectivity index (χ1n) is 8.65. The van der Waals surface area contributed by atoms with Crippen LogP contribution in [0.25, 0.3) is 10.2 Å². The number of sulfonamides is 1. The molecule has 136 valence electrons. The van der Waals surface area contributed by atoms with Crippen LogP contribution in [0, 0.1) is 0 Å². The Hall–Kier alpha value is -2.12. The van der Waals surface area contributed by atoms with Gasteiger partial charge >= 0.3 is 4.87 Å². The number of hydrogen-bond acceptors (Lipinski definition) is 4. The van der Waals surface area contributed by atoms with Gasteiger partial charge in [0.15, 0.2) is 0 Å². The number of para-hydroxylation sites is 1. The van der Waals surface area contributed by atoms with E-state index < -0.39 is 10.0 Å². The van der Waals surface area contributed by atoms with Gasteiger partial charge < -0.3 is 0 Å². The van der Waals surface area contributed by atoms with Crippen molar-refractivity contribution in [3.63, 3.8) is 0 Å². The Kier molecular flexibility index (Phi) is 4.16. The molecule has 1 aliphatic rings. The Morgan fingerprint density at radius 2 is 1.88 bits per heavy atom. The van der Waals surface area contributed by atoms with Gasteiger partial charge in [0.25, 0.3) is 10.0 Å². The fourth-order valence-corrected chi connectivity index (χ4v) is 6.24. The molecule has 2 aromatic carbocycles. The van der Waals surface area contributed by atoms with Crippen molar-refractivity contribution in [2.24, 2.45) is 0 Å². The maximum Gasteiger partial charge on any atom is 0.308 e. The van der Waals surface area contributed by atoms with E-state index in [-0.39, 0.29) is 15.8 Å². The van der Waals surface area contributed by atoms with Crippen molar-refractivity contribution in [3.05, 3.63) is 57.7 Å². The molecule has 0 atom stereocenters. The van der Waals surface area contributed by atoms with E-state index in [0.717, 1.165) is 40.9 Å². The summed E-state index contributed by atoms with van der Waals surface area (Å²) in [7, 11) is -3.66. The van der Waals surface area contributed by atoms with Crippen molar-refractivity contribution < 1.29 is 8.42 Å². The van der Waals surface area contributed by atoms with Crippen molar-refractivity contribution in [1.29, 1.82) is 0 Å². The molecule has 0 amide bonds. The van der Waals surface area contributed by atoms with Crippen LogP contribution in [0.15, 0.2) is 52.2 Å². The quantitative estimate of drug-likeness (QED) is 0.686. The molecule has 0 saturated carbocycles. The number of aryl methyl sites for hydroxylation is 1. The van der Waals surface area contributed by atoms with E-state index >= 15 is 0 Å². The molecule has 1 aromatic heterocycles. The highest BCUT2D eigenvalue weighted by atomic mass is 32.2. The monoisotopic (exact) mass is 388 g/mol. The average Bonchev–Trinajstić information content (AvgIpc) is 2.96. The van der Waals surface area contributed by atoms with Crippen molar-refractivity contribution in [2.75, 3.05) is 10.8 Å². The van der Waals surface area contributed by atoms with Crippen LogP contribution in [-0.4, -0.2) is 19.5 Å². The lowest BCUT2D eigenvalue weighted by Crippen LogP contribution is -2.35. The van der Waals surface area contributed by atoms with Gasteiger partial charge in [0.1, 0.15) is 0 Å². The van der Waals surface area contributed by atoms with Crippen LogP contribution in [0.3, 0.4) is 0 Å². The maximum atomic E-state index is 13.3. The number of fused-ring (bicyclic) bond motifs is 2. The average molecular weight is 389 g/mol. The second-order valence-corrected chi connectivity index (χ2v) is 9.63. The normalized spacial score (nSPS) is 14.8. The van der Waals surface area contributed by atoms with Crippen molar-refractivity contribution in [1.82, 2.24) is 4.57 Å². The highest BCUT2D eigenvalue weighted by Gasteiger charge is 2.29. The third-order valence-corrected chi connectivity index (χ3v) is 7.48. The van der Waals surface area contributed by atoms with Crippen molar-refractivity contribution in [3.8, 4) is 0 Å². The Bertz CT molecular complexity index is 1140. The molecule has 0 unspecified atom stereocenters. The third kappa shape index (κ3) is 2.66. The summed E-state index contributed by atoms with van der Waals surface area (Å²) in [5, 5.41) is 0. The summed E-state index contributed by atoms with van der Waals surface area (Å²) in [4.78, 5) is 12.4. The zero-order chi connectivity index (χ0) is 18.5. The number of aromatic nitrogens is 1. The lowest BCUT2D eigenvalue weighted by atomic mass is 10.0. The molecule has 0 N–H and O–H groups in total. The molecule has 3 aromatic rings. The van der Waals surface area contributed by atoms with Gasteiger partial charge in [0.2, 0.25) is 0 Å². The van der Waals surface area contributed by atoms with Gasteiger partial charge in [-0.3, -0.25) is 13.7 Å². The van der Waals surface area contributed by atoms with Gasteiger partial charge in [-0.05, 0) is 56.5 Å². The summed E-state index contributed by atoms with van der Waals surface area (Å²) < 4.78 is 30.4. The second-order valence-electron chi connectivity index (χ2n) is 6.77. The predicted octanol–water partition coefficient (Wildman–Crippen LogP) is 3.79. The molecule has 26 heavy (non-hydrogen) atoms. The summed E-state index contributed by atoms with van der Waals surface area (Å²) in [6.07, 6.45) is 1.69.